The maximum Gasteiger partial charge on any atom is 0.400 e. The van der Waals surface area contributed by atoms with E-state index in [4.69, 9.17) is 4.74 Å². The molecule has 1 nitrogen and oxygen atoms in total. The molecule has 0 heterocycles. The van der Waals surface area contributed by atoms with Gasteiger partial charge in [0.15, 0.2) is 0 Å². The summed E-state index contributed by atoms with van der Waals surface area (Å²) < 4.78 is 64.9. The second kappa shape index (κ2) is 15.5. The largest absolute Gasteiger partial charge is 0.432 e. The molecule has 5 heteroatoms. The van der Waals surface area contributed by atoms with E-state index in [1.807, 2.05) is 13.0 Å². The van der Waals surface area contributed by atoms with E-state index in [1.54, 1.807) is 6.07 Å². The van der Waals surface area contributed by atoms with Crippen molar-refractivity contribution in [2.24, 2.45) is 23.7 Å². The molecule has 0 N–H and O–H groups in total. The summed E-state index contributed by atoms with van der Waals surface area (Å²) in [6, 6.07) is 10.2. The van der Waals surface area contributed by atoms with Crippen molar-refractivity contribution in [1.29, 1.82) is 0 Å². The molecule has 0 aliphatic heterocycles. The molecule has 0 aromatic heterocycles. The summed E-state index contributed by atoms with van der Waals surface area (Å²) in [5.41, 5.74) is 2.59. The first-order valence-electron chi connectivity index (χ1n) is 17.9. The normalized spacial score (nSPS) is 28.1. The quantitative estimate of drug-likeness (QED) is 0.171. The van der Waals surface area contributed by atoms with Gasteiger partial charge < -0.3 is 4.74 Å². The van der Waals surface area contributed by atoms with Gasteiger partial charge in [-0.1, -0.05) is 64.2 Å². The molecule has 0 radical (unpaired) electrons. The smallest absolute Gasteiger partial charge is 0.400 e. The van der Waals surface area contributed by atoms with Crippen LogP contribution in [0.25, 0.3) is 0 Å². The van der Waals surface area contributed by atoms with Crippen LogP contribution >= 0.6 is 0 Å². The zero-order valence-electron chi connectivity index (χ0n) is 27.1. The third-order valence-corrected chi connectivity index (χ3v) is 11.5. The molecule has 0 spiro atoms. The first-order valence-corrected chi connectivity index (χ1v) is 17.9. The number of rotatable bonds is 12. The van der Waals surface area contributed by atoms with Crippen molar-refractivity contribution in [3.8, 4) is 5.75 Å². The molecule has 2 aromatic carbocycles. The first-order chi connectivity index (χ1) is 21.3. The van der Waals surface area contributed by atoms with Crippen LogP contribution in [0.5, 0.6) is 5.75 Å². The van der Waals surface area contributed by atoms with E-state index in [0.717, 1.165) is 62.5 Å². The number of ether oxygens (including phenoxy) is 1. The fourth-order valence-corrected chi connectivity index (χ4v) is 8.73. The minimum atomic E-state index is -3.31. The Morgan fingerprint density at radius 3 is 1.95 bits per heavy atom. The average molecular weight is 615 g/mol. The maximum atomic E-state index is 15.4. The van der Waals surface area contributed by atoms with Crippen molar-refractivity contribution in [2.45, 2.75) is 147 Å². The zero-order chi connectivity index (χ0) is 31.1. The SMILES string of the molecule is CCCCCC1CCC(c2ccc(C3CCC(C4CCC(C(F)(F)Oc5ccc(CCC)c(F)c5)CC4)CC3)c(F)c2)CC1. The monoisotopic (exact) mass is 614 g/mol. The Morgan fingerprint density at radius 2 is 1.34 bits per heavy atom. The van der Waals surface area contributed by atoms with Crippen LogP contribution in [0.1, 0.15) is 152 Å². The molecule has 3 aliphatic rings. The van der Waals surface area contributed by atoms with Crippen LogP contribution in [0.15, 0.2) is 36.4 Å². The van der Waals surface area contributed by atoms with Crippen LogP contribution < -0.4 is 4.74 Å². The molecule has 0 atom stereocenters. The summed E-state index contributed by atoms with van der Waals surface area (Å²) in [5, 5.41) is 0. The Morgan fingerprint density at radius 1 is 0.682 bits per heavy atom. The van der Waals surface area contributed by atoms with Gasteiger partial charge in [0.1, 0.15) is 17.4 Å². The highest BCUT2D eigenvalue weighted by atomic mass is 19.3. The zero-order valence-corrected chi connectivity index (χ0v) is 27.1. The number of benzene rings is 2. The third-order valence-electron chi connectivity index (χ3n) is 11.5. The summed E-state index contributed by atoms with van der Waals surface area (Å²) in [7, 11) is 0. The van der Waals surface area contributed by atoms with Crippen LogP contribution in [0, 0.1) is 35.3 Å². The van der Waals surface area contributed by atoms with Gasteiger partial charge in [-0.2, -0.15) is 8.78 Å². The Hall–Kier alpha value is -2.04. The van der Waals surface area contributed by atoms with Crippen molar-refractivity contribution in [3.63, 3.8) is 0 Å². The van der Waals surface area contributed by atoms with E-state index in [1.165, 1.54) is 63.0 Å². The lowest BCUT2D eigenvalue weighted by Crippen LogP contribution is -2.38. The molecule has 3 fully saturated rings. The molecular weight excluding hydrogens is 560 g/mol. The van der Waals surface area contributed by atoms with Crippen LogP contribution in [-0.2, 0) is 6.42 Å². The fraction of sp³-hybridized carbons (Fsp3) is 0.692. The van der Waals surface area contributed by atoms with Crippen molar-refractivity contribution in [1.82, 2.24) is 0 Å². The molecule has 0 bridgehead atoms. The van der Waals surface area contributed by atoms with E-state index in [9.17, 15) is 4.39 Å². The number of aryl methyl sites for hydroxylation is 1. The van der Waals surface area contributed by atoms with Gasteiger partial charge in [0.25, 0.3) is 0 Å². The van der Waals surface area contributed by atoms with E-state index < -0.39 is 17.8 Å². The summed E-state index contributed by atoms with van der Waals surface area (Å²) in [4.78, 5) is 0. The van der Waals surface area contributed by atoms with Gasteiger partial charge in [0, 0.05) is 6.07 Å². The van der Waals surface area contributed by atoms with E-state index in [0.29, 0.717) is 42.6 Å². The second-order valence-corrected chi connectivity index (χ2v) is 14.4. The molecule has 2 aromatic rings. The van der Waals surface area contributed by atoms with Crippen LogP contribution in [-0.4, -0.2) is 6.11 Å². The summed E-state index contributed by atoms with van der Waals surface area (Å²) >= 11 is 0. The van der Waals surface area contributed by atoms with Crippen molar-refractivity contribution >= 4 is 0 Å². The lowest BCUT2D eigenvalue weighted by molar-refractivity contribution is -0.224. The molecule has 0 saturated heterocycles. The van der Waals surface area contributed by atoms with E-state index >= 15 is 13.2 Å². The maximum absolute atomic E-state index is 15.4. The number of hydrogen-bond acceptors (Lipinski definition) is 1. The van der Waals surface area contributed by atoms with Crippen molar-refractivity contribution < 1.29 is 22.3 Å². The summed E-state index contributed by atoms with van der Waals surface area (Å²) in [6.45, 7) is 4.22. The summed E-state index contributed by atoms with van der Waals surface area (Å²) in [5.74, 6) is 1.12. The fourth-order valence-electron chi connectivity index (χ4n) is 8.73. The topological polar surface area (TPSA) is 9.23 Å². The predicted octanol–water partition coefficient (Wildman–Crippen LogP) is 12.5. The van der Waals surface area contributed by atoms with Gasteiger partial charge in [-0.05, 0) is 142 Å². The Kier molecular flexibility index (Phi) is 11.7. The highest BCUT2D eigenvalue weighted by molar-refractivity contribution is 5.31. The minimum Gasteiger partial charge on any atom is -0.432 e. The van der Waals surface area contributed by atoms with Gasteiger partial charge >= 0.3 is 6.11 Å². The average Bonchev–Trinajstić information content (AvgIpc) is 3.03. The molecule has 3 saturated carbocycles. The van der Waals surface area contributed by atoms with Gasteiger partial charge in [-0.25, -0.2) is 8.78 Å². The lowest BCUT2D eigenvalue weighted by Gasteiger charge is -2.39. The number of unbranched alkanes of at least 4 members (excludes halogenated alkanes) is 2. The minimum absolute atomic E-state index is 0.0290. The molecule has 44 heavy (non-hydrogen) atoms. The van der Waals surface area contributed by atoms with Crippen LogP contribution in [0.3, 0.4) is 0 Å². The Balaban J connectivity index is 1.06. The lowest BCUT2D eigenvalue weighted by atomic mass is 9.68. The number of alkyl halides is 2. The molecule has 0 unspecified atom stereocenters. The standard InChI is InChI=1S/C39H54F4O/c1-3-5-6-8-27-9-11-30(12-10-27)33-20-24-36(38(41)25-33)31-15-13-28(14-16-31)29-17-21-34(22-18-29)39(42,43)44-35-23-19-32(7-4-2)37(40)26-35/h19-20,23-31,34H,3-18,21-22H2,1-2H3. The van der Waals surface area contributed by atoms with E-state index in [-0.39, 0.29) is 17.5 Å². The molecular formula is C39H54F4O. The Bertz CT molecular complexity index is 1170. The summed E-state index contributed by atoms with van der Waals surface area (Å²) in [6.07, 6.45) is 14.7. The predicted molar refractivity (Wildman–Crippen MR) is 171 cm³/mol. The molecule has 244 valence electrons. The first kappa shape index (κ1) is 33.3. The molecule has 0 amide bonds. The highest BCUT2D eigenvalue weighted by Gasteiger charge is 2.45. The molecule has 3 aliphatic carbocycles. The third kappa shape index (κ3) is 8.40. The van der Waals surface area contributed by atoms with Crippen LogP contribution in [0.4, 0.5) is 17.6 Å². The van der Waals surface area contributed by atoms with Crippen molar-refractivity contribution in [2.75, 3.05) is 0 Å². The van der Waals surface area contributed by atoms with Gasteiger partial charge in [-0.15, -0.1) is 0 Å². The Labute approximate surface area is 263 Å². The van der Waals surface area contributed by atoms with Gasteiger partial charge in [-0.3, -0.25) is 0 Å². The van der Waals surface area contributed by atoms with Crippen LogP contribution in [0.2, 0.25) is 0 Å². The van der Waals surface area contributed by atoms with Gasteiger partial charge in [0.2, 0.25) is 0 Å². The van der Waals surface area contributed by atoms with E-state index in [2.05, 4.69) is 19.1 Å². The molecule has 5 rings (SSSR count). The highest BCUT2D eigenvalue weighted by Crippen LogP contribution is 2.47. The van der Waals surface area contributed by atoms with Crippen molar-refractivity contribution in [3.05, 3.63) is 64.7 Å². The second-order valence-electron chi connectivity index (χ2n) is 14.4. The number of halogens is 4. The number of hydrogen-bond donors (Lipinski definition) is 0. The van der Waals surface area contributed by atoms with Gasteiger partial charge in [0.05, 0.1) is 5.92 Å².